The van der Waals surface area contributed by atoms with Crippen LogP contribution in [0.4, 0.5) is 17.1 Å². The molecule has 0 atom stereocenters. The minimum Gasteiger partial charge on any atom is -0.397 e. The molecule has 2 rings (SSSR count). The number of amides is 1. The number of benzene rings is 2. The third-order valence-corrected chi connectivity index (χ3v) is 2.38. The molecule has 1 amide bonds. The van der Waals surface area contributed by atoms with Gasteiger partial charge in [0, 0.05) is 11.3 Å². The number of nitrogens with one attached hydrogen (secondary N) is 1. The number of para-hydroxylation sites is 1. The second-order valence-corrected chi connectivity index (χ2v) is 3.66. The first-order valence-corrected chi connectivity index (χ1v) is 5.18. The van der Waals surface area contributed by atoms with Gasteiger partial charge >= 0.3 is 0 Å². The van der Waals surface area contributed by atoms with Crippen LogP contribution in [0.1, 0.15) is 10.4 Å². The van der Waals surface area contributed by atoms with Gasteiger partial charge in [-0.2, -0.15) is 0 Å². The van der Waals surface area contributed by atoms with E-state index in [4.69, 9.17) is 11.5 Å². The number of carbonyl (C=O) groups is 1. The number of hydrogen-bond donors (Lipinski definition) is 3. The van der Waals surface area contributed by atoms with Gasteiger partial charge in [0.1, 0.15) is 0 Å². The predicted molar refractivity (Wildman–Crippen MR) is 69.7 cm³/mol. The molecule has 0 aliphatic heterocycles. The van der Waals surface area contributed by atoms with Crippen molar-refractivity contribution in [3.8, 4) is 0 Å². The molecule has 0 saturated carbocycles. The van der Waals surface area contributed by atoms with Crippen LogP contribution in [-0.2, 0) is 0 Å². The highest BCUT2D eigenvalue weighted by atomic mass is 16.1. The van der Waals surface area contributed by atoms with Crippen molar-refractivity contribution in [2.24, 2.45) is 0 Å². The highest BCUT2D eigenvalue weighted by molar-refractivity contribution is 6.05. The van der Waals surface area contributed by atoms with E-state index < -0.39 is 0 Å². The third kappa shape index (κ3) is 2.55. The zero-order valence-electron chi connectivity index (χ0n) is 9.18. The van der Waals surface area contributed by atoms with Crippen molar-refractivity contribution in [1.82, 2.24) is 0 Å². The van der Waals surface area contributed by atoms with Crippen molar-refractivity contribution in [2.45, 2.75) is 0 Å². The van der Waals surface area contributed by atoms with Gasteiger partial charge in [0.2, 0.25) is 0 Å². The Kier molecular flexibility index (Phi) is 2.96. The van der Waals surface area contributed by atoms with E-state index in [1.54, 1.807) is 18.2 Å². The molecule has 0 unspecified atom stereocenters. The molecule has 0 aliphatic carbocycles. The Hall–Kier alpha value is -2.49. The molecule has 2 aromatic rings. The highest BCUT2D eigenvalue weighted by Crippen LogP contribution is 2.17. The third-order valence-electron chi connectivity index (χ3n) is 2.38. The molecular formula is C13H13N3O. The van der Waals surface area contributed by atoms with Gasteiger partial charge in [0.05, 0.1) is 11.4 Å². The second kappa shape index (κ2) is 4.57. The molecule has 0 heterocycles. The number of nitrogens with two attached hydrogens (primary N) is 2. The van der Waals surface area contributed by atoms with Crippen LogP contribution >= 0.6 is 0 Å². The fourth-order valence-electron chi connectivity index (χ4n) is 1.44. The lowest BCUT2D eigenvalue weighted by molar-refractivity contribution is 0.102. The van der Waals surface area contributed by atoms with Gasteiger partial charge in [-0.3, -0.25) is 4.79 Å². The summed E-state index contributed by atoms with van der Waals surface area (Å²) in [6, 6.07) is 14.1. The van der Waals surface area contributed by atoms with Gasteiger partial charge in [-0.1, -0.05) is 18.2 Å². The minimum atomic E-state index is -0.206. The number of hydrogen-bond acceptors (Lipinski definition) is 3. The van der Waals surface area contributed by atoms with Crippen LogP contribution in [0.2, 0.25) is 0 Å². The molecule has 17 heavy (non-hydrogen) atoms. The molecule has 2 aromatic carbocycles. The van der Waals surface area contributed by atoms with Crippen LogP contribution in [0.25, 0.3) is 0 Å². The zero-order chi connectivity index (χ0) is 12.3. The Labute approximate surface area is 99.2 Å². The minimum absolute atomic E-state index is 0.206. The van der Waals surface area contributed by atoms with Crippen LogP contribution in [0.3, 0.4) is 0 Å². The van der Waals surface area contributed by atoms with E-state index >= 15 is 0 Å². The van der Waals surface area contributed by atoms with E-state index in [9.17, 15) is 4.79 Å². The molecule has 5 N–H and O–H groups in total. The summed E-state index contributed by atoms with van der Waals surface area (Å²) in [7, 11) is 0. The second-order valence-electron chi connectivity index (χ2n) is 3.66. The van der Waals surface area contributed by atoms with Gasteiger partial charge in [0.15, 0.2) is 0 Å². The summed E-state index contributed by atoms with van der Waals surface area (Å²) in [5.41, 5.74) is 13.3. The summed E-state index contributed by atoms with van der Waals surface area (Å²) in [5.74, 6) is -0.206. The lowest BCUT2D eigenvalue weighted by atomic mass is 10.1. The van der Waals surface area contributed by atoms with E-state index in [1.165, 1.54) is 0 Å². The van der Waals surface area contributed by atoms with Crippen molar-refractivity contribution in [3.05, 3.63) is 54.1 Å². The van der Waals surface area contributed by atoms with E-state index in [1.807, 2.05) is 30.3 Å². The smallest absolute Gasteiger partial charge is 0.255 e. The fraction of sp³-hybridized carbons (Fsp3) is 0. The summed E-state index contributed by atoms with van der Waals surface area (Å²) >= 11 is 0. The van der Waals surface area contributed by atoms with Gasteiger partial charge in [-0.05, 0) is 30.3 Å². The maximum absolute atomic E-state index is 11.9. The molecular weight excluding hydrogens is 214 g/mol. The van der Waals surface area contributed by atoms with Crippen molar-refractivity contribution in [2.75, 3.05) is 16.8 Å². The van der Waals surface area contributed by atoms with E-state index in [0.29, 0.717) is 16.9 Å². The maximum Gasteiger partial charge on any atom is 0.255 e. The average molecular weight is 227 g/mol. The lowest BCUT2D eigenvalue weighted by Gasteiger charge is -2.06. The van der Waals surface area contributed by atoms with Crippen LogP contribution in [0, 0.1) is 0 Å². The summed E-state index contributed by atoms with van der Waals surface area (Å²) < 4.78 is 0. The van der Waals surface area contributed by atoms with Crippen LogP contribution < -0.4 is 16.8 Å². The largest absolute Gasteiger partial charge is 0.397 e. The number of nitrogen functional groups attached to an aromatic ring is 2. The van der Waals surface area contributed by atoms with Gasteiger partial charge in [-0.15, -0.1) is 0 Å². The molecule has 4 heteroatoms. The molecule has 0 aromatic heterocycles. The monoisotopic (exact) mass is 227 g/mol. The quantitative estimate of drug-likeness (QED) is 0.687. The topological polar surface area (TPSA) is 81.1 Å². The van der Waals surface area contributed by atoms with Crippen molar-refractivity contribution in [3.63, 3.8) is 0 Å². The standard InChI is InChI=1S/C13H13N3O/c14-11-7-6-9(8-12(11)15)13(17)16-10-4-2-1-3-5-10/h1-8H,14-15H2,(H,16,17). The SMILES string of the molecule is Nc1ccc(C(=O)Nc2ccccc2)cc1N. The Morgan fingerprint density at radius 2 is 1.65 bits per heavy atom. The van der Waals surface area contributed by atoms with Gasteiger partial charge in [-0.25, -0.2) is 0 Å². The summed E-state index contributed by atoms with van der Waals surface area (Å²) in [4.78, 5) is 11.9. The Morgan fingerprint density at radius 1 is 0.941 bits per heavy atom. The normalized spacial score (nSPS) is 9.88. The molecule has 0 radical (unpaired) electrons. The van der Waals surface area contributed by atoms with Crippen LogP contribution in [0.15, 0.2) is 48.5 Å². The highest BCUT2D eigenvalue weighted by Gasteiger charge is 2.07. The predicted octanol–water partition coefficient (Wildman–Crippen LogP) is 2.10. The molecule has 0 spiro atoms. The van der Waals surface area contributed by atoms with E-state index in [2.05, 4.69) is 5.32 Å². The summed E-state index contributed by atoms with van der Waals surface area (Å²) in [6.07, 6.45) is 0. The number of anilines is 3. The molecule has 4 nitrogen and oxygen atoms in total. The Balaban J connectivity index is 2.18. The van der Waals surface area contributed by atoms with E-state index in [-0.39, 0.29) is 5.91 Å². The number of rotatable bonds is 2. The van der Waals surface area contributed by atoms with Crippen LogP contribution in [-0.4, -0.2) is 5.91 Å². The first-order valence-electron chi connectivity index (χ1n) is 5.18. The average Bonchev–Trinajstić information content (AvgIpc) is 2.34. The van der Waals surface area contributed by atoms with Gasteiger partial charge < -0.3 is 16.8 Å². The molecule has 0 fully saturated rings. The Morgan fingerprint density at radius 3 is 2.29 bits per heavy atom. The maximum atomic E-state index is 11.9. The summed E-state index contributed by atoms with van der Waals surface area (Å²) in [6.45, 7) is 0. The lowest BCUT2D eigenvalue weighted by Crippen LogP contribution is -2.12. The molecule has 0 aliphatic rings. The number of carbonyl (C=O) groups excluding carboxylic acids is 1. The molecule has 86 valence electrons. The van der Waals surface area contributed by atoms with Crippen molar-refractivity contribution >= 4 is 23.0 Å². The van der Waals surface area contributed by atoms with Crippen molar-refractivity contribution in [1.29, 1.82) is 0 Å². The van der Waals surface area contributed by atoms with Gasteiger partial charge in [0.25, 0.3) is 5.91 Å². The first kappa shape index (κ1) is 11.0. The Bertz CT molecular complexity index is 538. The van der Waals surface area contributed by atoms with E-state index in [0.717, 1.165) is 5.69 Å². The molecule has 0 bridgehead atoms. The zero-order valence-corrected chi connectivity index (χ0v) is 9.18. The van der Waals surface area contributed by atoms with Crippen molar-refractivity contribution < 1.29 is 4.79 Å². The van der Waals surface area contributed by atoms with Crippen LogP contribution in [0.5, 0.6) is 0 Å². The molecule has 0 saturated heterocycles. The fourth-order valence-corrected chi connectivity index (χ4v) is 1.44. The first-order chi connectivity index (χ1) is 8.16. The summed E-state index contributed by atoms with van der Waals surface area (Å²) in [5, 5.41) is 2.77.